The van der Waals surface area contributed by atoms with Crippen LogP contribution in [0.1, 0.15) is 35.2 Å². The molecule has 0 N–H and O–H groups in total. The first-order chi connectivity index (χ1) is 16.4. The molecule has 0 radical (unpaired) electrons. The van der Waals surface area contributed by atoms with Gasteiger partial charge in [-0.2, -0.15) is 0 Å². The molecule has 0 spiro atoms. The van der Waals surface area contributed by atoms with Crippen molar-refractivity contribution in [2.45, 2.75) is 26.2 Å². The van der Waals surface area contributed by atoms with Crippen molar-refractivity contribution in [3.05, 3.63) is 56.6 Å². The maximum Gasteiger partial charge on any atom is 0.293 e. The lowest BCUT2D eigenvalue weighted by atomic mass is 10.1. The Bertz CT molecular complexity index is 1210. The molecule has 0 unspecified atom stereocenters. The minimum absolute atomic E-state index is 0.00751. The molecule has 0 bridgehead atoms. The maximum atomic E-state index is 13.2. The molecule has 2 aliphatic heterocycles. The molecule has 0 saturated carbocycles. The summed E-state index contributed by atoms with van der Waals surface area (Å²) in [7, 11) is 0. The summed E-state index contributed by atoms with van der Waals surface area (Å²) in [5, 5.41) is 13.4. The molecule has 2 aliphatic rings. The average molecular weight is 500 g/mol. The lowest BCUT2D eigenvalue weighted by Gasteiger charge is -2.34. The van der Waals surface area contributed by atoms with E-state index in [1.807, 2.05) is 19.1 Å². The Hall–Kier alpha value is -2.91. The van der Waals surface area contributed by atoms with E-state index in [9.17, 15) is 14.9 Å². The number of aromatic nitrogens is 1. The van der Waals surface area contributed by atoms with Crippen LogP contribution in [0.15, 0.2) is 30.3 Å². The fourth-order valence-corrected chi connectivity index (χ4v) is 6.08. The van der Waals surface area contributed by atoms with E-state index in [1.165, 1.54) is 6.07 Å². The second kappa shape index (κ2) is 9.38. The third-order valence-corrected chi connectivity index (χ3v) is 8.22. The first-order valence-corrected chi connectivity index (χ1v) is 12.7. The van der Waals surface area contributed by atoms with Gasteiger partial charge in [-0.1, -0.05) is 29.0 Å². The number of piperidine rings is 1. The molecule has 34 heavy (non-hydrogen) atoms. The molecule has 178 valence electrons. The van der Waals surface area contributed by atoms with Crippen LogP contribution in [0, 0.1) is 17.0 Å². The van der Waals surface area contributed by atoms with Gasteiger partial charge >= 0.3 is 0 Å². The summed E-state index contributed by atoms with van der Waals surface area (Å²) >= 11 is 7.93. The predicted octanol–water partition coefficient (Wildman–Crippen LogP) is 5.12. The van der Waals surface area contributed by atoms with Crippen molar-refractivity contribution in [2.75, 3.05) is 49.1 Å². The predicted molar refractivity (Wildman–Crippen MR) is 137 cm³/mol. The highest BCUT2D eigenvalue weighted by atomic mass is 35.5. The highest BCUT2D eigenvalue weighted by molar-refractivity contribution is 7.22. The van der Waals surface area contributed by atoms with Crippen molar-refractivity contribution in [1.82, 2.24) is 9.88 Å². The lowest BCUT2D eigenvalue weighted by molar-refractivity contribution is -0.384. The topological polar surface area (TPSA) is 82.8 Å². The Morgan fingerprint density at radius 3 is 2.44 bits per heavy atom. The molecule has 10 heteroatoms. The number of anilines is 2. The summed E-state index contributed by atoms with van der Waals surface area (Å²) in [6.45, 7) is 6.01. The van der Waals surface area contributed by atoms with Crippen LogP contribution >= 0.6 is 22.9 Å². The molecule has 8 nitrogen and oxygen atoms in total. The molecule has 1 amide bonds. The summed E-state index contributed by atoms with van der Waals surface area (Å²) < 4.78 is 0.983. The lowest BCUT2D eigenvalue weighted by Crippen LogP contribution is -2.48. The number of rotatable bonds is 4. The number of nitrogens with zero attached hydrogens (tertiary/aromatic N) is 5. The monoisotopic (exact) mass is 499 g/mol. The van der Waals surface area contributed by atoms with E-state index in [-0.39, 0.29) is 16.5 Å². The van der Waals surface area contributed by atoms with Crippen LogP contribution in [0.2, 0.25) is 5.02 Å². The van der Waals surface area contributed by atoms with Gasteiger partial charge in [0, 0.05) is 50.9 Å². The summed E-state index contributed by atoms with van der Waals surface area (Å²) in [5.74, 6) is -0.170. The van der Waals surface area contributed by atoms with E-state index in [4.69, 9.17) is 16.6 Å². The molecular weight excluding hydrogens is 474 g/mol. The number of nitro groups is 1. The van der Waals surface area contributed by atoms with Gasteiger partial charge < -0.3 is 14.7 Å². The molecule has 2 fully saturated rings. The second-order valence-corrected chi connectivity index (χ2v) is 10.2. The number of piperazine rings is 1. The number of aryl methyl sites for hydroxylation is 1. The van der Waals surface area contributed by atoms with Gasteiger partial charge in [0.15, 0.2) is 5.13 Å². The highest BCUT2D eigenvalue weighted by Crippen LogP contribution is 2.36. The largest absolute Gasteiger partial charge is 0.366 e. The molecule has 2 aromatic carbocycles. The van der Waals surface area contributed by atoms with Gasteiger partial charge in [0.05, 0.1) is 20.2 Å². The number of fused-ring (bicyclic) bond motifs is 1. The molecule has 0 aliphatic carbocycles. The number of thiazole rings is 1. The fraction of sp³-hybridized carbons (Fsp3) is 0.417. The number of nitro benzene ring substituents is 1. The molecule has 5 rings (SSSR count). The minimum Gasteiger partial charge on any atom is -0.366 e. The van der Waals surface area contributed by atoms with E-state index in [2.05, 4.69) is 9.80 Å². The van der Waals surface area contributed by atoms with Crippen molar-refractivity contribution in [1.29, 1.82) is 0 Å². The van der Waals surface area contributed by atoms with Crippen LogP contribution in [0.25, 0.3) is 10.2 Å². The molecular formula is C24H26ClN5O3S. The number of benzene rings is 2. The molecule has 3 heterocycles. The molecule has 3 aromatic rings. The van der Waals surface area contributed by atoms with Crippen LogP contribution in [0.3, 0.4) is 0 Å². The third kappa shape index (κ3) is 4.30. The van der Waals surface area contributed by atoms with Gasteiger partial charge in [-0.15, -0.1) is 0 Å². The zero-order valence-electron chi connectivity index (χ0n) is 19.0. The number of halogens is 1. The standard InChI is InChI=1S/C24H26ClN5O3S/c1-16-5-7-18(25)22-21(16)26-24(34-22)29-13-11-28(12-14-29)23(31)17-6-8-19(20(15-17)30(32)33)27-9-3-2-4-10-27/h5-8,15H,2-4,9-14H2,1H3. The van der Waals surface area contributed by atoms with Crippen LogP contribution < -0.4 is 9.80 Å². The van der Waals surface area contributed by atoms with Gasteiger partial charge in [-0.3, -0.25) is 14.9 Å². The van der Waals surface area contributed by atoms with Crippen molar-refractivity contribution < 1.29 is 9.72 Å². The van der Waals surface area contributed by atoms with E-state index in [1.54, 1.807) is 28.4 Å². The fourth-order valence-electron chi connectivity index (χ4n) is 4.71. The second-order valence-electron chi connectivity index (χ2n) is 8.83. The SMILES string of the molecule is Cc1ccc(Cl)c2sc(N3CCN(C(=O)c4ccc(N5CCCCC5)c([N+](=O)[O-])c4)CC3)nc12. The number of hydrogen-bond donors (Lipinski definition) is 0. The van der Waals surface area contributed by atoms with Crippen LogP contribution in [0.4, 0.5) is 16.5 Å². The number of amides is 1. The Kier molecular flexibility index (Phi) is 6.31. The van der Waals surface area contributed by atoms with Crippen molar-refractivity contribution in [2.24, 2.45) is 0 Å². The quantitative estimate of drug-likeness (QED) is 0.366. The van der Waals surface area contributed by atoms with Crippen molar-refractivity contribution in [3.63, 3.8) is 0 Å². The van der Waals surface area contributed by atoms with Gasteiger partial charge in [-0.25, -0.2) is 4.98 Å². The van der Waals surface area contributed by atoms with E-state index < -0.39 is 0 Å². The van der Waals surface area contributed by atoms with E-state index >= 15 is 0 Å². The Morgan fingerprint density at radius 2 is 1.76 bits per heavy atom. The number of hydrogen-bond acceptors (Lipinski definition) is 7. The summed E-state index contributed by atoms with van der Waals surface area (Å²) in [4.78, 5) is 35.4. The average Bonchev–Trinajstić information content (AvgIpc) is 3.33. The Labute approximate surface area is 206 Å². The smallest absolute Gasteiger partial charge is 0.293 e. The first-order valence-electron chi connectivity index (χ1n) is 11.6. The van der Waals surface area contributed by atoms with Crippen molar-refractivity contribution in [3.8, 4) is 0 Å². The molecule has 2 saturated heterocycles. The minimum atomic E-state index is -0.376. The maximum absolute atomic E-state index is 13.2. The Morgan fingerprint density at radius 1 is 1.03 bits per heavy atom. The summed E-state index contributed by atoms with van der Waals surface area (Å²) in [6.07, 6.45) is 3.21. The van der Waals surface area contributed by atoms with E-state index in [0.717, 1.165) is 53.3 Å². The van der Waals surface area contributed by atoms with Crippen LogP contribution in [0.5, 0.6) is 0 Å². The van der Waals surface area contributed by atoms with Crippen LogP contribution in [-0.2, 0) is 0 Å². The van der Waals surface area contributed by atoms with E-state index in [0.29, 0.717) is 42.5 Å². The van der Waals surface area contributed by atoms with Gasteiger partial charge in [0.25, 0.3) is 11.6 Å². The zero-order chi connectivity index (χ0) is 23.8. The highest BCUT2D eigenvalue weighted by Gasteiger charge is 2.28. The summed E-state index contributed by atoms with van der Waals surface area (Å²) in [6, 6.07) is 8.77. The van der Waals surface area contributed by atoms with Crippen LogP contribution in [-0.4, -0.2) is 60.0 Å². The number of carbonyl (C=O) groups excluding carboxylic acids is 1. The van der Waals surface area contributed by atoms with Crippen molar-refractivity contribution >= 4 is 55.6 Å². The number of carbonyl (C=O) groups is 1. The third-order valence-electron chi connectivity index (χ3n) is 6.64. The zero-order valence-corrected chi connectivity index (χ0v) is 20.6. The van der Waals surface area contributed by atoms with Gasteiger partial charge in [0.1, 0.15) is 5.69 Å². The first kappa shape index (κ1) is 22.9. The normalized spacial score (nSPS) is 16.8. The molecule has 1 aromatic heterocycles. The van der Waals surface area contributed by atoms with Gasteiger partial charge in [0.2, 0.25) is 0 Å². The van der Waals surface area contributed by atoms with Gasteiger partial charge in [-0.05, 0) is 49.9 Å². The summed E-state index contributed by atoms with van der Waals surface area (Å²) in [5.41, 5.74) is 2.99. The molecule has 0 atom stereocenters. The Balaban J connectivity index is 1.30.